The quantitative estimate of drug-likeness (QED) is 0.765. The first-order valence-corrected chi connectivity index (χ1v) is 5.80. The van der Waals surface area contributed by atoms with E-state index in [0.717, 1.165) is 5.56 Å². The maximum absolute atomic E-state index is 12.0. The predicted octanol–water partition coefficient (Wildman–Crippen LogP) is 1.73. The molecule has 1 rings (SSSR count). The molecule has 0 heterocycles. The van der Waals surface area contributed by atoms with Gasteiger partial charge in [0.05, 0.1) is 6.61 Å². The molecule has 1 aromatic rings. The molecule has 0 saturated carbocycles. The van der Waals surface area contributed by atoms with E-state index in [1.807, 2.05) is 20.8 Å². The van der Waals surface area contributed by atoms with Gasteiger partial charge in [0.2, 0.25) is 0 Å². The molecule has 0 saturated heterocycles. The molecule has 0 radical (unpaired) electrons. The normalized spacial score (nSPS) is 12.2. The smallest absolute Gasteiger partial charge is 0.251 e. The molecule has 1 atom stereocenters. The first-order chi connectivity index (χ1) is 8.06. The average molecular weight is 236 g/mol. The van der Waals surface area contributed by atoms with Gasteiger partial charge in [-0.15, -0.1) is 0 Å². The van der Waals surface area contributed by atoms with Gasteiger partial charge in [0.15, 0.2) is 0 Å². The lowest BCUT2D eigenvalue weighted by atomic mass is 10.1. The average Bonchev–Trinajstić information content (AvgIpc) is 2.29. The van der Waals surface area contributed by atoms with Crippen LogP contribution in [0, 0.1) is 6.92 Å². The maximum atomic E-state index is 12.0. The van der Waals surface area contributed by atoms with Crippen LogP contribution in [-0.4, -0.2) is 25.2 Å². The fourth-order valence-corrected chi connectivity index (χ4v) is 1.54. The second-order valence-corrected chi connectivity index (χ2v) is 4.05. The lowest BCUT2D eigenvalue weighted by Gasteiger charge is -2.15. The summed E-state index contributed by atoms with van der Waals surface area (Å²) in [4.78, 5) is 12.0. The molecule has 4 heteroatoms. The minimum atomic E-state index is -0.109. The number of anilines is 1. The van der Waals surface area contributed by atoms with Crippen LogP contribution in [0.3, 0.4) is 0 Å². The van der Waals surface area contributed by atoms with Gasteiger partial charge in [-0.25, -0.2) is 0 Å². The molecule has 4 nitrogen and oxygen atoms in total. The molecule has 0 spiro atoms. The Hall–Kier alpha value is -1.55. The van der Waals surface area contributed by atoms with Crippen molar-refractivity contribution >= 4 is 11.6 Å². The third kappa shape index (κ3) is 3.75. The van der Waals surface area contributed by atoms with Crippen LogP contribution in [0.4, 0.5) is 5.69 Å². The Morgan fingerprint density at radius 3 is 2.88 bits per heavy atom. The molecular weight excluding hydrogens is 216 g/mol. The maximum Gasteiger partial charge on any atom is 0.251 e. The van der Waals surface area contributed by atoms with E-state index in [0.29, 0.717) is 24.5 Å². The summed E-state index contributed by atoms with van der Waals surface area (Å²) in [6.45, 7) is 6.85. The highest BCUT2D eigenvalue weighted by Gasteiger charge is 2.12. The first-order valence-electron chi connectivity index (χ1n) is 5.80. The number of carbonyl (C=O) groups excluding carboxylic acids is 1. The predicted molar refractivity (Wildman–Crippen MR) is 69.0 cm³/mol. The molecule has 0 aromatic heterocycles. The Morgan fingerprint density at radius 1 is 1.53 bits per heavy atom. The van der Waals surface area contributed by atoms with Crippen molar-refractivity contribution in [3.8, 4) is 0 Å². The van der Waals surface area contributed by atoms with Gasteiger partial charge in [-0.2, -0.15) is 0 Å². The van der Waals surface area contributed by atoms with Crippen molar-refractivity contribution in [2.75, 3.05) is 18.9 Å². The highest BCUT2D eigenvalue weighted by molar-refractivity contribution is 5.97. The number of nitrogen functional groups attached to an aromatic ring is 1. The van der Waals surface area contributed by atoms with Crippen LogP contribution in [0.1, 0.15) is 29.8 Å². The molecule has 1 amide bonds. The summed E-state index contributed by atoms with van der Waals surface area (Å²) in [5.41, 5.74) is 7.83. The Bertz CT molecular complexity index is 391. The number of hydrogen-bond donors (Lipinski definition) is 2. The zero-order valence-corrected chi connectivity index (χ0v) is 10.6. The summed E-state index contributed by atoms with van der Waals surface area (Å²) >= 11 is 0. The Balaban J connectivity index is 2.67. The molecule has 17 heavy (non-hydrogen) atoms. The zero-order valence-electron chi connectivity index (χ0n) is 10.6. The van der Waals surface area contributed by atoms with E-state index in [-0.39, 0.29) is 11.9 Å². The van der Waals surface area contributed by atoms with Crippen molar-refractivity contribution in [3.05, 3.63) is 29.3 Å². The number of nitrogens with one attached hydrogen (secondary N) is 1. The molecule has 3 N–H and O–H groups in total. The van der Waals surface area contributed by atoms with Gasteiger partial charge in [-0.1, -0.05) is 6.07 Å². The van der Waals surface area contributed by atoms with Crippen molar-refractivity contribution in [2.24, 2.45) is 0 Å². The van der Waals surface area contributed by atoms with Gasteiger partial charge in [-0.3, -0.25) is 4.79 Å². The monoisotopic (exact) mass is 236 g/mol. The van der Waals surface area contributed by atoms with Gasteiger partial charge in [0.25, 0.3) is 5.91 Å². The number of benzene rings is 1. The SMILES string of the molecule is CCOCC(C)NC(=O)c1cccc(N)c1C. The summed E-state index contributed by atoms with van der Waals surface area (Å²) in [6.07, 6.45) is 0. The van der Waals surface area contributed by atoms with Crippen LogP contribution < -0.4 is 11.1 Å². The van der Waals surface area contributed by atoms with Crippen molar-refractivity contribution in [1.29, 1.82) is 0 Å². The summed E-state index contributed by atoms with van der Waals surface area (Å²) in [5, 5.41) is 2.88. The molecule has 0 aliphatic carbocycles. The van der Waals surface area contributed by atoms with E-state index in [1.54, 1.807) is 18.2 Å². The number of hydrogen-bond acceptors (Lipinski definition) is 3. The van der Waals surface area contributed by atoms with Gasteiger partial charge >= 0.3 is 0 Å². The van der Waals surface area contributed by atoms with E-state index in [1.165, 1.54) is 0 Å². The molecule has 0 bridgehead atoms. The molecule has 0 aliphatic heterocycles. The van der Waals surface area contributed by atoms with Crippen LogP contribution in [0.15, 0.2) is 18.2 Å². The van der Waals surface area contributed by atoms with Crippen LogP contribution in [0.2, 0.25) is 0 Å². The topological polar surface area (TPSA) is 64.3 Å². The van der Waals surface area contributed by atoms with Crippen molar-refractivity contribution in [1.82, 2.24) is 5.32 Å². The van der Waals surface area contributed by atoms with E-state index < -0.39 is 0 Å². The second-order valence-electron chi connectivity index (χ2n) is 4.05. The van der Waals surface area contributed by atoms with Gasteiger partial charge in [0, 0.05) is 23.9 Å². The fraction of sp³-hybridized carbons (Fsp3) is 0.462. The van der Waals surface area contributed by atoms with E-state index >= 15 is 0 Å². The highest BCUT2D eigenvalue weighted by Crippen LogP contribution is 2.15. The number of amides is 1. The minimum absolute atomic E-state index is 0.0109. The van der Waals surface area contributed by atoms with E-state index in [4.69, 9.17) is 10.5 Å². The molecule has 94 valence electrons. The first kappa shape index (κ1) is 13.5. The molecule has 0 fully saturated rings. The standard InChI is InChI=1S/C13H20N2O2/c1-4-17-8-9(2)15-13(16)11-6-5-7-12(14)10(11)3/h5-7,9H,4,8,14H2,1-3H3,(H,15,16). The molecule has 1 unspecified atom stereocenters. The third-order valence-electron chi connectivity index (χ3n) is 2.57. The van der Waals surface area contributed by atoms with Crippen LogP contribution in [-0.2, 0) is 4.74 Å². The summed E-state index contributed by atoms with van der Waals surface area (Å²) < 4.78 is 5.25. The lowest BCUT2D eigenvalue weighted by Crippen LogP contribution is -2.36. The summed E-state index contributed by atoms with van der Waals surface area (Å²) in [5.74, 6) is -0.109. The molecular formula is C13H20N2O2. The Morgan fingerprint density at radius 2 is 2.24 bits per heavy atom. The lowest BCUT2D eigenvalue weighted by molar-refractivity contribution is 0.0871. The number of rotatable bonds is 5. The van der Waals surface area contributed by atoms with Crippen molar-refractivity contribution in [3.63, 3.8) is 0 Å². The van der Waals surface area contributed by atoms with Crippen LogP contribution in [0.25, 0.3) is 0 Å². The van der Waals surface area contributed by atoms with Gasteiger partial charge in [-0.05, 0) is 38.5 Å². The second kappa shape index (κ2) is 6.25. The van der Waals surface area contributed by atoms with Gasteiger partial charge in [0.1, 0.15) is 0 Å². The fourth-order valence-electron chi connectivity index (χ4n) is 1.54. The zero-order chi connectivity index (χ0) is 12.8. The molecule has 0 aliphatic rings. The Kier molecular flexibility index (Phi) is 4.97. The number of nitrogens with two attached hydrogens (primary N) is 1. The number of carbonyl (C=O) groups is 1. The Labute approximate surface area is 102 Å². The minimum Gasteiger partial charge on any atom is -0.398 e. The molecule has 1 aromatic carbocycles. The third-order valence-corrected chi connectivity index (χ3v) is 2.57. The summed E-state index contributed by atoms with van der Waals surface area (Å²) in [7, 11) is 0. The van der Waals surface area contributed by atoms with Crippen molar-refractivity contribution < 1.29 is 9.53 Å². The summed E-state index contributed by atoms with van der Waals surface area (Å²) in [6, 6.07) is 5.33. The number of ether oxygens (including phenoxy) is 1. The van der Waals surface area contributed by atoms with Crippen molar-refractivity contribution in [2.45, 2.75) is 26.8 Å². The van der Waals surface area contributed by atoms with E-state index in [2.05, 4.69) is 5.32 Å². The highest BCUT2D eigenvalue weighted by atomic mass is 16.5. The largest absolute Gasteiger partial charge is 0.398 e. The van der Waals surface area contributed by atoms with Crippen LogP contribution in [0.5, 0.6) is 0 Å². The van der Waals surface area contributed by atoms with Crippen LogP contribution >= 0.6 is 0 Å². The van der Waals surface area contributed by atoms with E-state index in [9.17, 15) is 4.79 Å². The van der Waals surface area contributed by atoms with Gasteiger partial charge < -0.3 is 15.8 Å².